The van der Waals surface area contributed by atoms with E-state index in [-0.39, 0.29) is 22.1 Å². The molecule has 1 saturated heterocycles. The molecule has 11 heteroatoms. The number of nitro benzene ring substituents is 2. The maximum absolute atomic E-state index is 12.5. The van der Waals surface area contributed by atoms with Crippen molar-refractivity contribution in [3.63, 3.8) is 0 Å². The summed E-state index contributed by atoms with van der Waals surface area (Å²) in [6.07, 6.45) is 3.04. The van der Waals surface area contributed by atoms with E-state index in [1.54, 1.807) is 12.1 Å². The first kappa shape index (κ1) is 21.1. The molecule has 1 aliphatic rings. The highest BCUT2D eigenvalue weighted by atomic mass is 32.1. The Hall–Kier alpha value is -3.60. The van der Waals surface area contributed by atoms with Gasteiger partial charge in [0.2, 0.25) is 0 Å². The minimum atomic E-state index is -0.619. The number of rotatable bonds is 5. The largest absolute Gasteiger partial charge is 0.366 e. The monoisotopic (exact) mass is 429 g/mol. The van der Waals surface area contributed by atoms with Crippen molar-refractivity contribution in [1.82, 2.24) is 5.32 Å². The Labute approximate surface area is 177 Å². The van der Waals surface area contributed by atoms with Gasteiger partial charge in [-0.3, -0.25) is 30.3 Å². The lowest BCUT2D eigenvalue weighted by atomic mass is 10.1. The summed E-state index contributed by atoms with van der Waals surface area (Å²) in [6.45, 7) is 1.48. The molecule has 1 amide bonds. The molecule has 0 radical (unpaired) electrons. The van der Waals surface area contributed by atoms with E-state index in [2.05, 4.69) is 10.6 Å². The Morgan fingerprint density at radius 3 is 2.40 bits per heavy atom. The number of nitrogens with zero attached hydrogens (tertiary/aromatic N) is 3. The smallest absolute Gasteiger partial charge is 0.293 e. The van der Waals surface area contributed by atoms with E-state index in [4.69, 9.17) is 12.2 Å². The molecule has 2 N–H and O–H groups in total. The Morgan fingerprint density at radius 2 is 1.73 bits per heavy atom. The van der Waals surface area contributed by atoms with Crippen LogP contribution < -0.4 is 15.5 Å². The van der Waals surface area contributed by atoms with Gasteiger partial charge in [-0.25, -0.2) is 0 Å². The molecule has 2 aromatic carbocycles. The summed E-state index contributed by atoms with van der Waals surface area (Å²) in [5.41, 5.74) is 0.653. The lowest BCUT2D eigenvalue weighted by molar-refractivity contribution is -0.384. The second-order valence-corrected chi connectivity index (χ2v) is 7.13. The van der Waals surface area contributed by atoms with Crippen molar-refractivity contribution in [2.24, 2.45) is 0 Å². The molecule has 0 atom stereocenters. The second-order valence-electron chi connectivity index (χ2n) is 6.72. The fourth-order valence-corrected chi connectivity index (χ4v) is 3.46. The highest BCUT2D eigenvalue weighted by Crippen LogP contribution is 2.31. The third-order valence-corrected chi connectivity index (χ3v) is 4.88. The van der Waals surface area contributed by atoms with Gasteiger partial charge in [-0.2, -0.15) is 0 Å². The van der Waals surface area contributed by atoms with E-state index >= 15 is 0 Å². The number of non-ortho nitro benzene ring substituents is 1. The van der Waals surface area contributed by atoms with Gasteiger partial charge in [-0.05, 0) is 49.7 Å². The van der Waals surface area contributed by atoms with Crippen LogP contribution in [0, 0.1) is 20.2 Å². The van der Waals surface area contributed by atoms with Gasteiger partial charge in [0.1, 0.15) is 5.69 Å². The van der Waals surface area contributed by atoms with Crippen LogP contribution in [0.5, 0.6) is 0 Å². The third-order valence-electron chi connectivity index (χ3n) is 4.67. The number of thiocarbonyl (C=S) groups is 1. The van der Waals surface area contributed by atoms with Gasteiger partial charge in [-0.1, -0.05) is 6.07 Å². The van der Waals surface area contributed by atoms with Crippen molar-refractivity contribution in [3.8, 4) is 0 Å². The second kappa shape index (κ2) is 9.27. The number of nitrogens with one attached hydrogen (secondary N) is 2. The van der Waals surface area contributed by atoms with E-state index < -0.39 is 15.8 Å². The summed E-state index contributed by atoms with van der Waals surface area (Å²) in [7, 11) is 0. The van der Waals surface area contributed by atoms with Crippen LogP contribution in [-0.4, -0.2) is 34.0 Å². The molecule has 1 heterocycles. The molecule has 0 spiro atoms. The number of hydrogen-bond donors (Lipinski definition) is 2. The first-order valence-corrected chi connectivity index (χ1v) is 9.66. The fourth-order valence-electron chi connectivity index (χ4n) is 3.25. The molecule has 0 aliphatic carbocycles. The SMILES string of the molecule is O=C(NC(=S)Nc1cccc([N+](=O)[O-])c1)c1ccc(N2CCCCC2)c([N+](=O)[O-])c1. The van der Waals surface area contributed by atoms with Crippen LogP contribution >= 0.6 is 12.2 Å². The average molecular weight is 429 g/mol. The molecule has 30 heavy (non-hydrogen) atoms. The molecular formula is C19H19N5O5S. The van der Waals surface area contributed by atoms with Gasteiger partial charge >= 0.3 is 0 Å². The molecule has 0 saturated carbocycles. The van der Waals surface area contributed by atoms with Gasteiger partial charge in [0.15, 0.2) is 5.11 Å². The molecule has 1 fully saturated rings. The molecule has 3 rings (SSSR count). The van der Waals surface area contributed by atoms with Crippen molar-refractivity contribution >= 4 is 46.0 Å². The highest BCUT2D eigenvalue weighted by Gasteiger charge is 2.23. The first-order valence-electron chi connectivity index (χ1n) is 9.25. The van der Waals surface area contributed by atoms with Crippen molar-refractivity contribution in [3.05, 3.63) is 68.3 Å². The predicted octanol–water partition coefficient (Wildman–Crippen LogP) is 3.62. The molecule has 2 aromatic rings. The molecule has 1 aliphatic heterocycles. The van der Waals surface area contributed by atoms with Gasteiger partial charge < -0.3 is 10.2 Å². The zero-order valence-electron chi connectivity index (χ0n) is 15.9. The molecule has 0 unspecified atom stereocenters. The van der Waals surface area contributed by atoms with Gasteiger partial charge in [0, 0.05) is 42.5 Å². The Balaban J connectivity index is 1.72. The van der Waals surface area contributed by atoms with Crippen molar-refractivity contribution in [2.75, 3.05) is 23.3 Å². The predicted molar refractivity (Wildman–Crippen MR) is 116 cm³/mol. The lowest BCUT2D eigenvalue weighted by Gasteiger charge is -2.28. The summed E-state index contributed by atoms with van der Waals surface area (Å²) in [5.74, 6) is -0.619. The standard InChI is InChI=1S/C19H19N5O5S/c25-18(21-19(30)20-14-5-4-6-15(12-14)23(26)27)13-7-8-16(17(11-13)24(28)29)22-9-2-1-3-10-22/h4-8,11-12H,1-3,9-10H2,(H2,20,21,25,30). The van der Waals surface area contributed by atoms with Crippen molar-refractivity contribution in [2.45, 2.75) is 19.3 Å². The Bertz CT molecular complexity index is 1010. The van der Waals surface area contributed by atoms with Crippen LogP contribution in [0.15, 0.2) is 42.5 Å². The van der Waals surface area contributed by atoms with Crippen LogP contribution in [-0.2, 0) is 0 Å². The number of anilines is 2. The molecule has 0 aromatic heterocycles. The summed E-state index contributed by atoms with van der Waals surface area (Å²) < 4.78 is 0. The maximum Gasteiger partial charge on any atom is 0.293 e. The molecule has 10 nitrogen and oxygen atoms in total. The van der Waals surface area contributed by atoms with Gasteiger partial charge in [0.25, 0.3) is 17.3 Å². The summed E-state index contributed by atoms with van der Waals surface area (Å²) in [6, 6.07) is 9.97. The highest BCUT2D eigenvalue weighted by molar-refractivity contribution is 7.80. The Morgan fingerprint density at radius 1 is 1.00 bits per heavy atom. The first-order chi connectivity index (χ1) is 14.3. The maximum atomic E-state index is 12.5. The topological polar surface area (TPSA) is 131 Å². The minimum absolute atomic E-state index is 0.0803. The number of nitro groups is 2. The molecular weight excluding hydrogens is 410 g/mol. The zero-order chi connectivity index (χ0) is 21.7. The van der Waals surface area contributed by atoms with E-state index in [0.29, 0.717) is 11.4 Å². The van der Waals surface area contributed by atoms with Crippen molar-refractivity contribution < 1.29 is 14.6 Å². The quantitative estimate of drug-likeness (QED) is 0.419. The van der Waals surface area contributed by atoms with E-state index in [9.17, 15) is 25.0 Å². The van der Waals surface area contributed by atoms with E-state index in [1.165, 1.54) is 30.3 Å². The molecule has 0 bridgehead atoms. The average Bonchev–Trinajstić information content (AvgIpc) is 2.74. The van der Waals surface area contributed by atoms with Crippen molar-refractivity contribution in [1.29, 1.82) is 0 Å². The number of carbonyl (C=O) groups is 1. The number of benzene rings is 2. The summed E-state index contributed by atoms with van der Waals surface area (Å²) in [5, 5.41) is 27.4. The number of carbonyl (C=O) groups excluding carboxylic acids is 1. The van der Waals surface area contributed by atoms with Crippen LogP contribution in [0.1, 0.15) is 29.6 Å². The normalized spacial score (nSPS) is 13.4. The summed E-state index contributed by atoms with van der Waals surface area (Å²) in [4.78, 5) is 35.8. The Kier molecular flexibility index (Phi) is 6.52. The van der Waals surface area contributed by atoms with Gasteiger partial charge in [0.05, 0.1) is 9.85 Å². The van der Waals surface area contributed by atoms with Crippen LogP contribution in [0.2, 0.25) is 0 Å². The summed E-state index contributed by atoms with van der Waals surface area (Å²) >= 11 is 5.08. The number of piperidine rings is 1. The lowest BCUT2D eigenvalue weighted by Crippen LogP contribution is -2.34. The number of hydrogen-bond acceptors (Lipinski definition) is 7. The number of amides is 1. The van der Waals surface area contributed by atoms with Gasteiger partial charge in [-0.15, -0.1) is 0 Å². The van der Waals surface area contributed by atoms with E-state index in [0.717, 1.165) is 32.4 Å². The minimum Gasteiger partial charge on any atom is -0.366 e. The molecule has 156 valence electrons. The van der Waals surface area contributed by atoms with Crippen LogP contribution in [0.25, 0.3) is 0 Å². The third kappa shape index (κ3) is 5.06. The van der Waals surface area contributed by atoms with Crippen LogP contribution in [0.4, 0.5) is 22.7 Å². The van der Waals surface area contributed by atoms with E-state index in [1.807, 2.05) is 4.90 Å². The zero-order valence-corrected chi connectivity index (χ0v) is 16.7. The van der Waals surface area contributed by atoms with Crippen LogP contribution in [0.3, 0.4) is 0 Å². The fraction of sp³-hybridized carbons (Fsp3) is 0.263.